The highest BCUT2D eigenvalue weighted by Crippen LogP contribution is 2.36. The summed E-state index contributed by atoms with van der Waals surface area (Å²) in [7, 11) is 0. The van der Waals surface area contributed by atoms with Crippen molar-refractivity contribution >= 4 is 5.82 Å². The predicted molar refractivity (Wildman–Crippen MR) is 108 cm³/mol. The Morgan fingerprint density at radius 2 is 1.90 bits per heavy atom. The third kappa shape index (κ3) is 3.99. The van der Waals surface area contributed by atoms with Crippen LogP contribution >= 0.6 is 0 Å². The van der Waals surface area contributed by atoms with Gasteiger partial charge in [-0.15, -0.1) is 0 Å². The van der Waals surface area contributed by atoms with Gasteiger partial charge in [-0.1, -0.05) is 12.8 Å². The molecule has 2 heterocycles. The number of aryl methyl sites for hydroxylation is 1. The second-order valence-electron chi connectivity index (χ2n) is 7.33. The van der Waals surface area contributed by atoms with Crippen LogP contribution < -0.4 is 10.5 Å². The van der Waals surface area contributed by atoms with E-state index in [0.717, 1.165) is 61.9 Å². The average molecular weight is 409 g/mol. The highest BCUT2D eigenvalue weighted by atomic mass is 19.1. The van der Waals surface area contributed by atoms with Crippen molar-refractivity contribution in [2.24, 2.45) is 0 Å². The smallest absolute Gasteiger partial charge is 0.167 e. The number of hydrogen-bond acceptors (Lipinski definition) is 5. The molecule has 0 radical (unpaired) electrons. The van der Waals surface area contributed by atoms with Crippen LogP contribution in [0.3, 0.4) is 0 Å². The molecule has 30 heavy (non-hydrogen) atoms. The molecule has 0 unspecified atom stereocenters. The number of nitrogens with zero attached hydrogens (tertiary/aromatic N) is 2. The summed E-state index contributed by atoms with van der Waals surface area (Å²) >= 11 is 0. The summed E-state index contributed by atoms with van der Waals surface area (Å²) in [6, 6.07) is 8.76. The van der Waals surface area contributed by atoms with Gasteiger partial charge in [0.2, 0.25) is 0 Å². The zero-order valence-electron chi connectivity index (χ0n) is 16.4. The van der Waals surface area contributed by atoms with Gasteiger partial charge in [0.15, 0.2) is 11.6 Å². The number of anilines is 1. The molecule has 2 N–H and O–H groups in total. The summed E-state index contributed by atoms with van der Waals surface area (Å²) < 4.78 is 38.2. The number of halogens is 2. The Bertz CT molecular complexity index is 1120. The van der Waals surface area contributed by atoms with E-state index in [0.29, 0.717) is 22.6 Å². The van der Waals surface area contributed by atoms with Gasteiger partial charge >= 0.3 is 0 Å². The lowest BCUT2D eigenvalue weighted by Gasteiger charge is -2.18. The number of nitrogens with two attached hydrogens (primary N) is 1. The van der Waals surface area contributed by atoms with Gasteiger partial charge in [0, 0.05) is 17.3 Å². The number of benzene rings is 1. The molecule has 0 atom stereocenters. The van der Waals surface area contributed by atoms with E-state index in [1.807, 2.05) is 0 Å². The van der Waals surface area contributed by atoms with Crippen molar-refractivity contribution < 1.29 is 17.9 Å². The zero-order chi connectivity index (χ0) is 21.1. The monoisotopic (exact) mass is 409 g/mol. The third-order valence-corrected chi connectivity index (χ3v) is 5.29. The van der Waals surface area contributed by atoms with E-state index in [2.05, 4.69) is 11.1 Å². The normalized spacial score (nSPS) is 13.8. The fourth-order valence-corrected chi connectivity index (χ4v) is 3.83. The fraction of sp³-hybridized carbons (Fsp3) is 0.304. The molecular formula is C23H21F2N3O2. The Balaban J connectivity index is 1.66. The van der Waals surface area contributed by atoms with Gasteiger partial charge in [-0.3, -0.25) is 0 Å². The van der Waals surface area contributed by atoms with E-state index in [1.165, 1.54) is 6.07 Å². The summed E-state index contributed by atoms with van der Waals surface area (Å²) in [5.74, 6) is -0.351. The first kappa shape index (κ1) is 19.9. The van der Waals surface area contributed by atoms with Crippen LogP contribution in [0, 0.1) is 23.0 Å². The lowest BCUT2D eigenvalue weighted by atomic mass is 9.90. The maximum Gasteiger partial charge on any atom is 0.167 e. The lowest BCUT2D eigenvalue weighted by molar-refractivity contribution is 0.259. The van der Waals surface area contributed by atoms with Crippen LogP contribution in [0.4, 0.5) is 14.6 Å². The fourth-order valence-electron chi connectivity index (χ4n) is 3.83. The van der Waals surface area contributed by atoms with E-state index < -0.39 is 11.6 Å². The van der Waals surface area contributed by atoms with E-state index in [4.69, 9.17) is 14.9 Å². The number of fused-ring (bicyclic) bond motifs is 1. The Labute approximate surface area is 173 Å². The van der Waals surface area contributed by atoms with E-state index in [9.17, 15) is 14.0 Å². The van der Waals surface area contributed by atoms with E-state index in [1.54, 1.807) is 12.1 Å². The number of pyridine rings is 1. The maximum absolute atomic E-state index is 13.8. The molecule has 0 fully saturated rings. The van der Waals surface area contributed by atoms with Gasteiger partial charge in [0.05, 0.1) is 0 Å². The first-order chi connectivity index (χ1) is 14.6. The third-order valence-electron chi connectivity index (χ3n) is 5.29. The molecule has 0 amide bonds. The molecule has 1 aliphatic carbocycles. The van der Waals surface area contributed by atoms with Gasteiger partial charge in [-0.25, -0.2) is 13.8 Å². The van der Waals surface area contributed by atoms with Crippen molar-refractivity contribution in [1.82, 2.24) is 4.98 Å². The molecule has 3 aromatic rings. The topological polar surface area (TPSA) is 85.1 Å². The number of nitrogen functional groups attached to an aromatic ring is 1. The first-order valence-corrected chi connectivity index (χ1v) is 9.95. The molecule has 5 nitrogen and oxygen atoms in total. The standard InChI is InChI=1S/C23H21F2N3O2/c24-14-7-9-20(18(25)11-14)29-13-15-8-10-21(30-15)22-16-5-3-1-2-4-6-19(16)28-23(27)17(22)12-26/h7-11H,1-6,13H2,(H2,27,28). The van der Waals surface area contributed by atoms with Crippen LogP contribution in [-0.2, 0) is 19.4 Å². The van der Waals surface area contributed by atoms with Crippen molar-refractivity contribution in [3.05, 3.63) is 64.5 Å². The summed E-state index contributed by atoms with van der Waals surface area (Å²) in [5, 5.41) is 9.69. The molecule has 1 aliphatic rings. The van der Waals surface area contributed by atoms with Gasteiger partial charge in [-0.2, -0.15) is 5.26 Å². The largest absolute Gasteiger partial charge is 0.483 e. The zero-order valence-corrected chi connectivity index (χ0v) is 16.4. The molecular weight excluding hydrogens is 388 g/mol. The van der Waals surface area contributed by atoms with E-state index in [-0.39, 0.29) is 18.2 Å². The number of rotatable bonds is 4. The highest BCUT2D eigenvalue weighted by molar-refractivity contribution is 5.76. The summed E-state index contributed by atoms with van der Waals surface area (Å²) in [6.07, 6.45) is 5.95. The summed E-state index contributed by atoms with van der Waals surface area (Å²) in [5.41, 5.74) is 9.00. The molecule has 1 aromatic carbocycles. The minimum Gasteiger partial charge on any atom is -0.483 e. The van der Waals surface area contributed by atoms with Crippen molar-refractivity contribution in [3.8, 4) is 23.1 Å². The van der Waals surface area contributed by atoms with E-state index >= 15 is 0 Å². The average Bonchev–Trinajstić information content (AvgIpc) is 3.16. The van der Waals surface area contributed by atoms with Crippen LogP contribution in [0.25, 0.3) is 11.3 Å². The second-order valence-corrected chi connectivity index (χ2v) is 7.33. The predicted octanol–water partition coefficient (Wildman–Crippen LogP) is 5.31. The molecule has 4 rings (SSSR count). The quantitative estimate of drug-likeness (QED) is 0.631. The van der Waals surface area contributed by atoms with Crippen LogP contribution in [-0.4, -0.2) is 4.98 Å². The minimum atomic E-state index is -0.781. The number of hydrogen-bond donors (Lipinski definition) is 1. The van der Waals surface area contributed by atoms with Gasteiger partial charge in [0.25, 0.3) is 0 Å². The summed E-state index contributed by atoms with van der Waals surface area (Å²) in [6.45, 7) is -0.0345. The summed E-state index contributed by atoms with van der Waals surface area (Å²) in [4.78, 5) is 4.49. The SMILES string of the molecule is N#Cc1c(N)nc2c(c1-c1ccc(COc3ccc(F)cc3F)o1)CCCCCC2. The Kier molecular flexibility index (Phi) is 5.66. The van der Waals surface area contributed by atoms with Crippen molar-refractivity contribution in [2.45, 2.75) is 45.1 Å². The van der Waals surface area contributed by atoms with Crippen LogP contribution in [0.5, 0.6) is 5.75 Å². The molecule has 0 saturated heterocycles. The van der Waals surface area contributed by atoms with Crippen LogP contribution in [0.1, 0.15) is 48.3 Å². The van der Waals surface area contributed by atoms with Gasteiger partial charge in [0.1, 0.15) is 41.4 Å². The lowest BCUT2D eigenvalue weighted by Crippen LogP contribution is -2.09. The van der Waals surface area contributed by atoms with Crippen molar-refractivity contribution in [2.75, 3.05) is 5.73 Å². The van der Waals surface area contributed by atoms with Crippen molar-refractivity contribution in [3.63, 3.8) is 0 Å². The maximum atomic E-state index is 13.8. The number of nitriles is 1. The highest BCUT2D eigenvalue weighted by Gasteiger charge is 2.23. The molecule has 0 aliphatic heterocycles. The first-order valence-electron chi connectivity index (χ1n) is 9.95. The Morgan fingerprint density at radius 3 is 2.67 bits per heavy atom. The van der Waals surface area contributed by atoms with Crippen LogP contribution in [0.2, 0.25) is 0 Å². The number of furan rings is 1. The number of ether oxygens (including phenoxy) is 1. The molecule has 7 heteroatoms. The molecule has 0 spiro atoms. The molecule has 154 valence electrons. The molecule has 0 saturated carbocycles. The molecule has 2 aromatic heterocycles. The minimum absolute atomic E-state index is 0.0345. The second kappa shape index (κ2) is 8.54. The van der Waals surface area contributed by atoms with Gasteiger partial charge < -0.3 is 14.9 Å². The van der Waals surface area contributed by atoms with Crippen LogP contribution in [0.15, 0.2) is 34.7 Å². The Morgan fingerprint density at radius 1 is 1.10 bits per heavy atom. The van der Waals surface area contributed by atoms with Crippen molar-refractivity contribution in [1.29, 1.82) is 5.26 Å². The van der Waals surface area contributed by atoms with Gasteiger partial charge in [-0.05, 0) is 55.5 Å². The Hall–Kier alpha value is -3.40. The molecule has 0 bridgehead atoms. The number of aromatic nitrogens is 1.